The van der Waals surface area contributed by atoms with Crippen LogP contribution in [0.15, 0.2) is 0 Å². The van der Waals surface area contributed by atoms with Crippen LogP contribution in [0.2, 0.25) is 0 Å². The SMILES string of the molecule is CCN(CC(C)(C)CN)CC(C)(O)C(C)C. The zero-order valence-corrected chi connectivity index (χ0v) is 11.9. The van der Waals surface area contributed by atoms with Gasteiger partial charge in [-0.2, -0.15) is 0 Å². The van der Waals surface area contributed by atoms with E-state index in [-0.39, 0.29) is 11.3 Å². The summed E-state index contributed by atoms with van der Waals surface area (Å²) in [5, 5.41) is 10.3. The maximum Gasteiger partial charge on any atom is 0.0768 e. The van der Waals surface area contributed by atoms with Gasteiger partial charge in [0.1, 0.15) is 0 Å². The molecule has 0 aliphatic rings. The monoisotopic (exact) mass is 230 g/mol. The molecule has 1 atom stereocenters. The van der Waals surface area contributed by atoms with E-state index in [1.54, 1.807) is 0 Å². The summed E-state index contributed by atoms with van der Waals surface area (Å²) < 4.78 is 0. The molecule has 3 N–H and O–H groups in total. The fourth-order valence-electron chi connectivity index (χ4n) is 1.58. The number of rotatable bonds is 7. The Kier molecular flexibility index (Phi) is 5.94. The summed E-state index contributed by atoms with van der Waals surface area (Å²) in [7, 11) is 0. The number of aliphatic hydroxyl groups is 1. The van der Waals surface area contributed by atoms with Gasteiger partial charge in [0.15, 0.2) is 0 Å². The maximum absolute atomic E-state index is 10.3. The number of hydrogen-bond acceptors (Lipinski definition) is 3. The Bertz CT molecular complexity index is 200. The van der Waals surface area contributed by atoms with Gasteiger partial charge in [-0.3, -0.25) is 0 Å². The molecule has 0 aliphatic carbocycles. The second-order valence-electron chi connectivity index (χ2n) is 6.18. The van der Waals surface area contributed by atoms with Crippen LogP contribution in [0.5, 0.6) is 0 Å². The van der Waals surface area contributed by atoms with Crippen LogP contribution in [-0.2, 0) is 0 Å². The van der Waals surface area contributed by atoms with E-state index < -0.39 is 5.60 Å². The highest BCUT2D eigenvalue weighted by atomic mass is 16.3. The Labute approximate surface area is 101 Å². The lowest BCUT2D eigenvalue weighted by Gasteiger charge is -2.37. The van der Waals surface area contributed by atoms with E-state index in [2.05, 4.69) is 39.5 Å². The van der Waals surface area contributed by atoms with Crippen LogP contribution in [-0.4, -0.2) is 41.8 Å². The molecule has 0 fully saturated rings. The minimum atomic E-state index is -0.624. The molecule has 0 aromatic carbocycles. The average molecular weight is 230 g/mol. The van der Waals surface area contributed by atoms with E-state index in [1.807, 2.05) is 6.92 Å². The Balaban J connectivity index is 4.42. The van der Waals surface area contributed by atoms with Crippen molar-refractivity contribution in [3.8, 4) is 0 Å². The van der Waals surface area contributed by atoms with Crippen LogP contribution < -0.4 is 5.73 Å². The van der Waals surface area contributed by atoms with Gasteiger partial charge < -0.3 is 15.7 Å². The molecule has 1 unspecified atom stereocenters. The van der Waals surface area contributed by atoms with E-state index >= 15 is 0 Å². The molecule has 0 aromatic heterocycles. The van der Waals surface area contributed by atoms with Crippen LogP contribution in [0.3, 0.4) is 0 Å². The third-order valence-corrected chi connectivity index (χ3v) is 3.44. The molecule has 0 rings (SSSR count). The first-order valence-corrected chi connectivity index (χ1v) is 6.29. The lowest BCUT2D eigenvalue weighted by Crippen LogP contribution is -2.48. The first-order valence-electron chi connectivity index (χ1n) is 6.29. The van der Waals surface area contributed by atoms with Crippen LogP contribution in [0.4, 0.5) is 0 Å². The minimum absolute atomic E-state index is 0.114. The zero-order chi connectivity index (χ0) is 13.0. The van der Waals surface area contributed by atoms with Gasteiger partial charge in [-0.1, -0.05) is 34.6 Å². The molecule has 98 valence electrons. The van der Waals surface area contributed by atoms with Gasteiger partial charge in [0.05, 0.1) is 5.60 Å². The molecule has 0 aliphatic heterocycles. The molecule has 16 heavy (non-hydrogen) atoms. The molecule has 0 saturated heterocycles. The topological polar surface area (TPSA) is 49.5 Å². The first-order chi connectivity index (χ1) is 7.14. The van der Waals surface area contributed by atoms with Crippen LogP contribution >= 0.6 is 0 Å². The quantitative estimate of drug-likeness (QED) is 0.700. The second-order valence-corrected chi connectivity index (χ2v) is 6.18. The van der Waals surface area contributed by atoms with E-state index in [9.17, 15) is 5.11 Å². The van der Waals surface area contributed by atoms with Crippen molar-refractivity contribution in [2.24, 2.45) is 17.1 Å². The molecule has 0 radical (unpaired) electrons. The van der Waals surface area contributed by atoms with Gasteiger partial charge in [-0.15, -0.1) is 0 Å². The molecule has 0 saturated carbocycles. The number of hydrogen-bond donors (Lipinski definition) is 2. The van der Waals surface area contributed by atoms with E-state index in [0.29, 0.717) is 13.1 Å². The number of likely N-dealkylation sites (N-methyl/N-ethyl adjacent to an activating group) is 1. The van der Waals surface area contributed by atoms with Gasteiger partial charge >= 0.3 is 0 Å². The fraction of sp³-hybridized carbons (Fsp3) is 1.00. The third kappa shape index (κ3) is 5.28. The average Bonchev–Trinajstić information content (AvgIpc) is 2.15. The predicted octanol–water partition coefficient (Wildman–Crippen LogP) is 1.70. The maximum atomic E-state index is 10.3. The highest BCUT2D eigenvalue weighted by molar-refractivity contribution is 4.83. The molecule has 0 bridgehead atoms. The van der Waals surface area contributed by atoms with Gasteiger partial charge in [0.25, 0.3) is 0 Å². The van der Waals surface area contributed by atoms with Crippen molar-refractivity contribution in [1.29, 1.82) is 0 Å². The minimum Gasteiger partial charge on any atom is -0.389 e. The standard InChI is InChI=1S/C13H30N2O/c1-7-15(9-12(4,5)8-14)10-13(6,16)11(2)3/h11,16H,7-10,14H2,1-6H3. The molecule has 3 nitrogen and oxygen atoms in total. The Hall–Kier alpha value is -0.120. The highest BCUT2D eigenvalue weighted by Crippen LogP contribution is 2.21. The smallest absolute Gasteiger partial charge is 0.0768 e. The lowest BCUT2D eigenvalue weighted by atomic mass is 9.89. The zero-order valence-electron chi connectivity index (χ0n) is 11.9. The van der Waals surface area contributed by atoms with Gasteiger partial charge in [0, 0.05) is 13.1 Å². The summed E-state index contributed by atoms with van der Waals surface area (Å²) in [5.74, 6) is 0.266. The first kappa shape index (κ1) is 15.9. The summed E-state index contributed by atoms with van der Waals surface area (Å²) >= 11 is 0. The van der Waals surface area contributed by atoms with E-state index in [1.165, 1.54) is 0 Å². The molecule has 0 spiro atoms. The number of nitrogens with zero attached hydrogens (tertiary/aromatic N) is 1. The van der Waals surface area contributed by atoms with Crippen molar-refractivity contribution in [2.45, 2.75) is 47.1 Å². The van der Waals surface area contributed by atoms with Crippen molar-refractivity contribution in [2.75, 3.05) is 26.2 Å². The molecular weight excluding hydrogens is 200 g/mol. The molecule has 0 aromatic rings. The van der Waals surface area contributed by atoms with E-state index in [4.69, 9.17) is 5.73 Å². The fourth-order valence-corrected chi connectivity index (χ4v) is 1.58. The molecule has 3 heteroatoms. The summed E-state index contributed by atoms with van der Waals surface area (Å²) in [5.41, 5.74) is 5.23. The highest BCUT2D eigenvalue weighted by Gasteiger charge is 2.29. The summed E-state index contributed by atoms with van der Waals surface area (Å²) in [6, 6.07) is 0. The lowest BCUT2D eigenvalue weighted by molar-refractivity contribution is -0.0243. The van der Waals surface area contributed by atoms with Crippen LogP contribution in [0.1, 0.15) is 41.5 Å². The van der Waals surface area contributed by atoms with Crippen LogP contribution in [0, 0.1) is 11.3 Å². The molecular formula is C13H30N2O. The molecule has 0 amide bonds. The van der Waals surface area contributed by atoms with E-state index in [0.717, 1.165) is 13.1 Å². The third-order valence-electron chi connectivity index (χ3n) is 3.44. The Morgan fingerprint density at radius 2 is 1.69 bits per heavy atom. The summed E-state index contributed by atoms with van der Waals surface area (Å²) in [6.45, 7) is 15.8. The van der Waals surface area contributed by atoms with Crippen molar-refractivity contribution in [3.05, 3.63) is 0 Å². The van der Waals surface area contributed by atoms with Gasteiger partial charge in [0.2, 0.25) is 0 Å². The summed E-state index contributed by atoms with van der Waals surface area (Å²) in [6.07, 6.45) is 0. The van der Waals surface area contributed by atoms with Crippen molar-refractivity contribution < 1.29 is 5.11 Å². The second kappa shape index (κ2) is 5.99. The number of nitrogens with two attached hydrogens (primary N) is 1. The summed E-state index contributed by atoms with van der Waals surface area (Å²) in [4.78, 5) is 2.28. The van der Waals surface area contributed by atoms with Crippen molar-refractivity contribution >= 4 is 0 Å². The Morgan fingerprint density at radius 1 is 1.19 bits per heavy atom. The Morgan fingerprint density at radius 3 is 2.00 bits per heavy atom. The van der Waals surface area contributed by atoms with Gasteiger partial charge in [-0.25, -0.2) is 0 Å². The normalized spacial score (nSPS) is 16.9. The van der Waals surface area contributed by atoms with Crippen LogP contribution in [0.25, 0.3) is 0 Å². The molecule has 0 heterocycles. The van der Waals surface area contributed by atoms with Gasteiger partial charge in [-0.05, 0) is 31.3 Å². The predicted molar refractivity (Wildman–Crippen MR) is 70.4 cm³/mol. The van der Waals surface area contributed by atoms with Crippen molar-refractivity contribution in [3.63, 3.8) is 0 Å². The van der Waals surface area contributed by atoms with Crippen molar-refractivity contribution in [1.82, 2.24) is 4.90 Å². The largest absolute Gasteiger partial charge is 0.389 e.